The number of aliphatic carboxylic acids is 1. The second-order valence-corrected chi connectivity index (χ2v) is 3.01. The number of carboxylic acid groups (broad SMARTS) is 1. The zero-order chi connectivity index (χ0) is 11.4. The van der Waals surface area contributed by atoms with Gasteiger partial charge in [-0.05, 0) is 25.1 Å². The molecule has 0 aromatic carbocycles. The normalized spacial score (nSPS) is 12.6. The third kappa shape index (κ3) is 12.7. The molecule has 0 amide bonds. The van der Waals surface area contributed by atoms with Crippen LogP contribution in [0.3, 0.4) is 0 Å². The molecule has 0 bridgehead atoms. The summed E-state index contributed by atoms with van der Waals surface area (Å²) in [6.45, 7) is 3.70. The third-order valence-corrected chi connectivity index (χ3v) is 1.60. The molecule has 86 valence electrons. The number of hydrogen-bond donors (Lipinski definition) is 2. The molecule has 1 aliphatic rings. The lowest BCUT2D eigenvalue weighted by atomic mass is 10.3. The Morgan fingerprint density at radius 2 is 2.33 bits per heavy atom. The smallest absolute Gasteiger partial charge is 0.317 e. The lowest BCUT2D eigenvalue weighted by Gasteiger charge is -1.96. The second-order valence-electron chi connectivity index (χ2n) is 3.01. The Morgan fingerprint density at radius 1 is 1.53 bits per heavy atom. The minimum atomic E-state index is -0.786. The number of hydrogen-bond acceptors (Lipinski definition) is 3. The fraction of sp³-hybridized carbons (Fsp3) is 0.545. The van der Waals surface area contributed by atoms with Gasteiger partial charge in [-0.3, -0.25) is 4.79 Å². The number of ether oxygens (including phenoxy) is 1. The monoisotopic (exact) mass is 213 g/mol. The maximum absolute atomic E-state index is 9.90. The van der Waals surface area contributed by atoms with Crippen LogP contribution in [-0.4, -0.2) is 30.8 Å². The number of unbranched alkanes of at least 4 members (excludes halogenated alkanes) is 1. The summed E-state index contributed by atoms with van der Waals surface area (Å²) in [6.07, 6.45) is 9.62. The molecule has 0 spiro atoms. The van der Waals surface area contributed by atoms with E-state index in [1.54, 1.807) is 6.26 Å². The van der Waals surface area contributed by atoms with Crippen molar-refractivity contribution in [2.75, 3.05) is 19.7 Å². The number of allylic oxidation sites excluding steroid dienone is 2. The van der Waals surface area contributed by atoms with Crippen LogP contribution in [0.15, 0.2) is 24.5 Å². The second kappa shape index (κ2) is 10.8. The third-order valence-electron chi connectivity index (χ3n) is 1.60. The molecule has 0 saturated carbocycles. The van der Waals surface area contributed by atoms with Crippen LogP contribution in [-0.2, 0) is 9.53 Å². The summed E-state index contributed by atoms with van der Waals surface area (Å²) in [5.74, 6) is -0.786. The molecule has 4 nitrogen and oxygen atoms in total. The van der Waals surface area contributed by atoms with Crippen LogP contribution in [0, 0.1) is 0 Å². The van der Waals surface area contributed by atoms with Gasteiger partial charge in [0.2, 0.25) is 0 Å². The minimum Gasteiger partial charge on any atom is -0.497 e. The van der Waals surface area contributed by atoms with E-state index in [0.29, 0.717) is 0 Å². The van der Waals surface area contributed by atoms with Crippen molar-refractivity contribution in [1.82, 2.24) is 5.32 Å². The number of carbonyl (C=O) groups is 1. The van der Waals surface area contributed by atoms with E-state index < -0.39 is 5.97 Å². The largest absolute Gasteiger partial charge is 0.497 e. The molecule has 0 aromatic heterocycles. The van der Waals surface area contributed by atoms with E-state index in [1.807, 2.05) is 18.2 Å². The lowest BCUT2D eigenvalue weighted by Crippen LogP contribution is -2.23. The van der Waals surface area contributed by atoms with Crippen molar-refractivity contribution < 1.29 is 14.6 Å². The van der Waals surface area contributed by atoms with E-state index in [9.17, 15) is 4.79 Å². The van der Waals surface area contributed by atoms with Crippen molar-refractivity contribution in [2.45, 2.75) is 19.8 Å². The maximum atomic E-state index is 9.90. The average molecular weight is 213 g/mol. The molecule has 1 aliphatic heterocycles. The molecule has 0 fully saturated rings. The van der Waals surface area contributed by atoms with Crippen LogP contribution in [0.4, 0.5) is 0 Å². The van der Waals surface area contributed by atoms with Crippen LogP contribution < -0.4 is 5.32 Å². The fourth-order valence-electron chi connectivity index (χ4n) is 0.843. The molecule has 0 unspecified atom stereocenters. The highest BCUT2D eigenvalue weighted by Crippen LogP contribution is 1.87. The summed E-state index contributed by atoms with van der Waals surface area (Å²) in [5, 5.41) is 10.9. The summed E-state index contributed by atoms with van der Waals surface area (Å²) >= 11 is 0. The van der Waals surface area contributed by atoms with Crippen LogP contribution in [0.5, 0.6) is 0 Å². The van der Waals surface area contributed by atoms with Gasteiger partial charge < -0.3 is 15.2 Å². The molecule has 2 N–H and O–H groups in total. The summed E-state index contributed by atoms with van der Waals surface area (Å²) in [6, 6.07) is 0. The molecule has 0 aromatic rings. The highest BCUT2D eigenvalue weighted by atomic mass is 16.5. The fourth-order valence-corrected chi connectivity index (χ4v) is 0.843. The van der Waals surface area contributed by atoms with Crippen LogP contribution in [0.2, 0.25) is 0 Å². The lowest BCUT2D eigenvalue weighted by molar-refractivity contribution is -0.135. The molecule has 1 rings (SSSR count). The van der Waals surface area contributed by atoms with E-state index in [0.717, 1.165) is 26.0 Å². The number of nitrogens with one attached hydrogen (secondary N) is 1. The van der Waals surface area contributed by atoms with Crippen molar-refractivity contribution in [3.8, 4) is 0 Å². The molecule has 0 saturated heterocycles. The Balaban J connectivity index is 0.000000280. The van der Waals surface area contributed by atoms with Gasteiger partial charge in [-0.15, -0.1) is 0 Å². The first kappa shape index (κ1) is 13.7. The van der Waals surface area contributed by atoms with Gasteiger partial charge in [0.1, 0.15) is 6.61 Å². The molecule has 15 heavy (non-hydrogen) atoms. The molecular weight excluding hydrogens is 194 g/mol. The van der Waals surface area contributed by atoms with Gasteiger partial charge in [0.25, 0.3) is 0 Å². The van der Waals surface area contributed by atoms with Gasteiger partial charge in [0.05, 0.1) is 12.8 Å². The van der Waals surface area contributed by atoms with E-state index in [1.165, 1.54) is 0 Å². The first-order valence-electron chi connectivity index (χ1n) is 5.13. The van der Waals surface area contributed by atoms with Crippen molar-refractivity contribution >= 4 is 5.97 Å². The van der Waals surface area contributed by atoms with Gasteiger partial charge in [-0.2, -0.15) is 0 Å². The van der Waals surface area contributed by atoms with Gasteiger partial charge in [-0.1, -0.05) is 19.4 Å². The topological polar surface area (TPSA) is 58.6 Å². The average Bonchev–Trinajstić information content (AvgIpc) is 2.28. The van der Waals surface area contributed by atoms with Gasteiger partial charge in [0.15, 0.2) is 0 Å². The van der Waals surface area contributed by atoms with Crippen LogP contribution in [0.25, 0.3) is 0 Å². The number of carboxylic acids is 1. The van der Waals surface area contributed by atoms with Gasteiger partial charge in [-0.25, -0.2) is 0 Å². The van der Waals surface area contributed by atoms with Gasteiger partial charge in [0, 0.05) is 0 Å². The van der Waals surface area contributed by atoms with E-state index >= 15 is 0 Å². The highest BCUT2D eigenvalue weighted by Gasteiger charge is 1.91. The Morgan fingerprint density at radius 3 is 2.67 bits per heavy atom. The number of rotatable bonds is 5. The molecule has 0 atom stereocenters. The molecule has 0 aliphatic carbocycles. The first-order valence-corrected chi connectivity index (χ1v) is 5.13. The predicted octanol–water partition coefficient (Wildman–Crippen LogP) is 1.55. The van der Waals surface area contributed by atoms with Crippen molar-refractivity contribution in [3.63, 3.8) is 0 Å². The standard InChI is InChI=1S/C6H13NO2.C5H6O/c1-2-3-4-7-5-6(8)9;1-2-4-6-5-3-1/h7H,2-5H2,1H3,(H,8,9);1-4H,5H2. The van der Waals surface area contributed by atoms with Crippen molar-refractivity contribution in [2.24, 2.45) is 0 Å². The molecule has 4 heteroatoms. The van der Waals surface area contributed by atoms with E-state index in [4.69, 9.17) is 9.84 Å². The van der Waals surface area contributed by atoms with Crippen LogP contribution in [0.1, 0.15) is 19.8 Å². The quantitative estimate of drug-likeness (QED) is 0.680. The summed E-state index contributed by atoms with van der Waals surface area (Å²) in [4.78, 5) is 9.90. The summed E-state index contributed by atoms with van der Waals surface area (Å²) in [7, 11) is 0. The summed E-state index contributed by atoms with van der Waals surface area (Å²) in [5.41, 5.74) is 0. The van der Waals surface area contributed by atoms with E-state index in [-0.39, 0.29) is 6.54 Å². The first-order chi connectivity index (χ1) is 7.27. The minimum absolute atomic E-state index is 0.0833. The maximum Gasteiger partial charge on any atom is 0.317 e. The Kier molecular flexibility index (Phi) is 9.86. The predicted molar refractivity (Wildman–Crippen MR) is 59.6 cm³/mol. The van der Waals surface area contributed by atoms with Crippen molar-refractivity contribution in [3.05, 3.63) is 24.5 Å². The zero-order valence-corrected chi connectivity index (χ0v) is 9.11. The highest BCUT2D eigenvalue weighted by molar-refractivity contribution is 5.68. The summed E-state index contributed by atoms with van der Waals surface area (Å²) < 4.78 is 4.80. The SMILES string of the molecule is C1=CCOC=C1.CCCCNCC(=O)O. The Bertz CT molecular complexity index is 200. The van der Waals surface area contributed by atoms with Crippen molar-refractivity contribution in [1.29, 1.82) is 0 Å². The Hall–Kier alpha value is -1.29. The molecule has 1 heterocycles. The molecule has 0 radical (unpaired) electrons. The van der Waals surface area contributed by atoms with Gasteiger partial charge >= 0.3 is 5.97 Å². The zero-order valence-electron chi connectivity index (χ0n) is 9.11. The molecular formula is C11H19NO3. The van der Waals surface area contributed by atoms with Crippen LogP contribution >= 0.6 is 0 Å². The van der Waals surface area contributed by atoms with E-state index in [2.05, 4.69) is 12.2 Å². The Labute approximate surface area is 90.6 Å².